The van der Waals surface area contributed by atoms with Crippen molar-refractivity contribution < 1.29 is 9.18 Å². The number of nitrogens with zero attached hydrogens (tertiary/aromatic N) is 1. The number of H-pyrrole nitrogens is 1. The molecule has 0 saturated carbocycles. The van der Waals surface area contributed by atoms with E-state index in [0.29, 0.717) is 21.6 Å². The monoisotopic (exact) mass is 308 g/mol. The van der Waals surface area contributed by atoms with Crippen molar-refractivity contribution in [1.82, 2.24) is 9.97 Å². The van der Waals surface area contributed by atoms with Crippen molar-refractivity contribution in [3.8, 4) is 0 Å². The molecule has 20 heavy (non-hydrogen) atoms. The zero-order chi connectivity index (χ0) is 14.3. The van der Waals surface area contributed by atoms with Crippen LogP contribution in [0.25, 0.3) is 11.0 Å². The number of hydrogen-bond donors (Lipinski definition) is 1. The van der Waals surface area contributed by atoms with Crippen LogP contribution in [0, 0.1) is 5.82 Å². The Hall–Kier alpha value is -1.91. The lowest BCUT2D eigenvalue weighted by Gasteiger charge is -2.02. The molecule has 0 aliphatic heterocycles. The van der Waals surface area contributed by atoms with Gasteiger partial charge in [0.15, 0.2) is 5.78 Å². The molecule has 0 spiro atoms. The first-order chi connectivity index (χ1) is 9.58. The number of nitrogens with one attached hydrogen (secondary N) is 1. The van der Waals surface area contributed by atoms with E-state index in [2.05, 4.69) is 9.97 Å². The van der Waals surface area contributed by atoms with Gasteiger partial charge in [0, 0.05) is 23.3 Å². The van der Waals surface area contributed by atoms with Crippen LogP contribution < -0.4 is 0 Å². The topological polar surface area (TPSA) is 45.8 Å². The lowest BCUT2D eigenvalue weighted by atomic mass is 10.0. The van der Waals surface area contributed by atoms with Crippen molar-refractivity contribution in [2.45, 2.75) is 0 Å². The number of ketones is 1. The Labute approximate surface area is 123 Å². The summed E-state index contributed by atoms with van der Waals surface area (Å²) >= 11 is 11.8. The van der Waals surface area contributed by atoms with Crippen molar-refractivity contribution in [3.05, 3.63) is 63.6 Å². The summed E-state index contributed by atoms with van der Waals surface area (Å²) in [5.41, 5.74) is 1.19. The maximum absolute atomic E-state index is 13.1. The molecule has 3 rings (SSSR count). The van der Waals surface area contributed by atoms with E-state index in [1.165, 1.54) is 18.3 Å². The zero-order valence-corrected chi connectivity index (χ0v) is 11.5. The summed E-state index contributed by atoms with van der Waals surface area (Å²) in [7, 11) is 0. The van der Waals surface area contributed by atoms with Crippen molar-refractivity contribution in [3.63, 3.8) is 0 Å². The van der Waals surface area contributed by atoms with Crippen LogP contribution in [-0.4, -0.2) is 15.8 Å². The Morgan fingerprint density at radius 3 is 2.75 bits per heavy atom. The van der Waals surface area contributed by atoms with Crippen LogP contribution in [0.1, 0.15) is 15.9 Å². The average Bonchev–Trinajstić information content (AvgIpc) is 2.86. The van der Waals surface area contributed by atoms with Gasteiger partial charge >= 0.3 is 0 Å². The van der Waals surface area contributed by atoms with Gasteiger partial charge in [-0.3, -0.25) is 4.79 Å². The number of aromatic nitrogens is 2. The maximum atomic E-state index is 13.1. The molecule has 0 fully saturated rings. The van der Waals surface area contributed by atoms with Gasteiger partial charge in [0.05, 0.1) is 15.6 Å². The molecule has 6 heteroatoms. The van der Waals surface area contributed by atoms with Gasteiger partial charge in [0.25, 0.3) is 0 Å². The molecule has 0 bridgehead atoms. The second-order valence-electron chi connectivity index (χ2n) is 4.18. The third-order valence-electron chi connectivity index (χ3n) is 2.95. The van der Waals surface area contributed by atoms with Crippen LogP contribution in [0.3, 0.4) is 0 Å². The molecule has 0 unspecified atom stereocenters. The molecular formula is C14H7Cl2FN2O. The highest BCUT2D eigenvalue weighted by atomic mass is 35.5. The number of carbonyl (C=O) groups is 1. The number of hydrogen-bond acceptors (Lipinski definition) is 2. The standard InChI is InChI=1S/C14H7Cl2FN2O/c15-9-3-4-18-14-12(9)8(6-19-14)13(20)7-1-2-11(17)10(16)5-7/h1-6H,(H,18,19). The molecule has 3 nitrogen and oxygen atoms in total. The minimum atomic E-state index is -0.568. The first-order valence-corrected chi connectivity index (χ1v) is 6.45. The van der Waals surface area contributed by atoms with Crippen molar-refractivity contribution in [1.29, 1.82) is 0 Å². The quantitative estimate of drug-likeness (QED) is 0.720. The maximum Gasteiger partial charge on any atom is 0.195 e. The summed E-state index contributed by atoms with van der Waals surface area (Å²) < 4.78 is 13.1. The lowest BCUT2D eigenvalue weighted by molar-refractivity contribution is 0.104. The third-order valence-corrected chi connectivity index (χ3v) is 3.55. The molecule has 0 amide bonds. The molecule has 0 saturated heterocycles. The molecule has 2 heterocycles. The molecule has 100 valence electrons. The van der Waals surface area contributed by atoms with Gasteiger partial charge in [0.1, 0.15) is 11.5 Å². The average molecular weight is 309 g/mol. The van der Waals surface area contributed by atoms with Gasteiger partial charge in [-0.25, -0.2) is 9.37 Å². The molecule has 3 aromatic rings. The van der Waals surface area contributed by atoms with Crippen LogP contribution in [0.5, 0.6) is 0 Å². The smallest absolute Gasteiger partial charge is 0.195 e. The SMILES string of the molecule is O=C(c1ccc(F)c(Cl)c1)c1c[nH]c2nccc(Cl)c12. The highest BCUT2D eigenvalue weighted by Crippen LogP contribution is 2.27. The molecule has 1 N–H and O–H groups in total. The number of halogens is 3. The minimum absolute atomic E-state index is 0.0973. The van der Waals surface area contributed by atoms with E-state index < -0.39 is 5.82 Å². The van der Waals surface area contributed by atoms with Gasteiger partial charge in [-0.15, -0.1) is 0 Å². The first-order valence-electron chi connectivity index (χ1n) is 5.69. The number of fused-ring (bicyclic) bond motifs is 1. The summed E-state index contributed by atoms with van der Waals surface area (Å²) in [6, 6.07) is 5.44. The normalized spacial score (nSPS) is 10.9. The Morgan fingerprint density at radius 1 is 1.20 bits per heavy atom. The molecule has 0 aliphatic carbocycles. The van der Waals surface area contributed by atoms with E-state index in [1.54, 1.807) is 12.3 Å². The number of pyridine rings is 1. The fraction of sp³-hybridized carbons (Fsp3) is 0. The van der Waals surface area contributed by atoms with E-state index in [9.17, 15) is 9.18 Å². The van der Waals surface area contributed by atoms with Crippen molar-refractivity contribution in [2.75, 3.05) is 0 Å². The summed E-state index contributed by atoms with van der Waals surface area (Å²) in [6.07, 6.45) is 3.08. The second kappa shape index (κ2) is 4.89. The van der Waals surface area contributed by atoms with Gasteiger partial charge in [-0.1, -0.05) is 23.2 Å². The molecule has 0 aliphatic rings. The number of aromatic amines is 1. The van der Waals surface area contributed by atoms with Crippen molar-refractivity contribution in [2.24, 2.45) is 0 Å². The van der Waals surface area contributed by atoms with Crippen LogP contribution in [-0.2, 0) is 0 Å². The Kier molecular flexibility index (Phi) is 3.20. The summed E-state index contributed by atoms with van der Waals surface area (Å²) in [4.78, 5) is 19.4. The molecule has 0 radical (unpaired) electrons. The molecule has 1 aromatic carbocycles. The Balaban J connectivity index is 2.15. The van der Waals surface area contributed by atoms with Crippen molar-refractivity contribution >= 4 is 40.0 Å². The largest absolute Gasteiger partial charge is 0.345 e. The molecule has 2 aromatic heterocycles. The van der Waals surface area contributed by atoms with E-state index in [4.69, 9.17) is 23.2 Å². The third kappa shape index (κ3) is 2.07. The highest BCUT2D eigenvalue weighted by Gasteiger charge is 2.17. The number of rotatable bonds is 2. The predicted molar refractivity (Wildman–Crippen MR) is 75.9 cm³/mol. The number of carbonyl (C=O) groups excluding carboxylic acids is 1. The predicted octanol–water partition coefficient (Wildman–Crippen LogP) is 4.24. The van der Waals surface area contributed by atoms with E-state index in [-0.39, 0.29) is 16.4 Å². The summed E-state index contributed by atoms with van der Waals surface area (Å²) in [6.45, 7) is 0. The van der Waals surface area contributed by atoms with E-state index in [0.717, 1.165) is 6.07 Å². The van der Waals surface area contributed by atoms with Gasteiger partial charge in [-0.2, -0.15) is 0 Å². The van der Waals surface area contributed by atoms with E-state index in [1.807, 2.05) is 0 Å². The van der Waals surface area contributed by atoms with Gasteiger partial charge in [-0.05, 0) is 24.3 Å². The minimum Gasteiger partial charge on any atom is -0.345 e. The summed E-state index contributed by atoms with van der Waals surface area (Å²) in [5.74, 6) is -0.866. The fourth-order valence-corrected chi connectivity index (χ4v) is 2.42. The van der Waals surface area contributed by atoms with Crippen LogP contribution in [0.15, 0.2) is 36.7 Å². The summed E-state index contributed by atoms with van der Waals surface area (Å²) in [5, 5.41) is 0.868. The van der Waals surface area contributed by atoms with E-state index >= 15 is 0 Å². The second-order valence-corrected chi connectivity index (χ2v) is 4.99. The first kappa shape index (κ1) is 13.1. The Morgan fingerprint density at radius 2 is 2.00 bits per heavy atom. The molecule has 0 atom stereocenters. The molecular weight excluding hydrogens is 302 g/mol. The lowest BCUT2D eigenvalue weighted by Crippen LogP contribution is -2.01. The van der Waals surface area contributed by atoms with Crippen LogP contribution in [0.4, 0.5) is 4.39 Å². The zero-order valence-electron chi connectivity index (χ0n) is 9.95. The van der Waals surface area contributed by atoms with Gasteiger partial charge < -0.3 is 4.98 Å². The van der Waals surface area contributed by atoms with Crippen LogP contribution >= 0.6 is 23.2 Å². The number of benzene rings is 1. The van der Waals surface area contributed by atoms with Gasteiger partial charge in [0.2, 0.25) is 0 Å². The Bertz CT molecular complexity index is 829. The fourth-order valence-electron chi connectivity index (χ4n) is 1.99. The highest BCUT2D eigenvalue weighted by molar-refractivity contribution is 6.37. The van der Waals surface area contributed by atoms with Crippen LogP contribution in [0.2, 0.25) is 10.0 Å².